The van der Waals surface area contributed by atoms with Gasteiger partial charge in [-0.15, -0.1) is 11.3 Å². The Balaban J connectivity index is 2.01. The minimum absolute atomic E-state index is 0.0303. The van der Waals surface area contributed by atoms with Crippen molar-refractivity contribution in [2.75, 3.05) is 18.9 Å². The molecular weight excluding hydrogens is 266 g/mol. The van der Waals surface area contributed by atoms with E-state index in [1.165, 1.54) is 11.3 Å². The van der Waals surface area contributed by atoms with Crippen LogP contribution in [0.25, 0.3) is 0 Å². The van der Waals surface area contributed by atoms with Crippen LogP contribution in [0.1, 0.15) is 35.8 Å². The molecule has 1 unspecified atom stereocenters. The van der Waals surface area contributed by atoms with Gasteiger partial charge in [-0.1, -0.05) is 0 Å². The summed E-state index contributed by atoms with van der Waals surface area (Å²) in [7, 11) is 1.60. The fourth-order valence-electron chi connectivity index (χ4n) is 2.14. The Morgan fingerprint density at radius 1 is 1.53 bits per heavy atom. The van der Waals surface area contributed by atoms with Crippen molar-refractivity contribution in [1.29, 1.82) is 0 Å². The van der Waals surface area contributed by atoms with E-state index in [1.54, 1.807) is 7.05 Å². The Morgan fingerprint density at radius 2 is 2.32 bits per heavy atom. The van der Waals surface area contributed by atoms with E-state index >= 15 is 0 Å². The first kappa shape index (κ1) is 13.8. The van der Waals surface area contributed by atoms with Crippen molar-refractivity contribution in [1.82, 2.24) is 10.3 Å². The molecular formula is C12H17N3O3S. The molecule has 3 N–H and O–H groups in total. The lowest BCUT2D eigenvalue weighted by Gasteiger charge is -2.16. The van der Waals surface area contributed by atoms with E-state index in [2.05, 4.69) is 15.6 Å². The van der Waals surface area contributed by atoms with Crippen LogP contribution in [-0.4, -0.2) is 35.6 Å². The summed E-state index contributed by atoms with van der Waals surface area (Å²) < 4.78 is 0. The van der Waals surface area contributed by atoms with Gasteiger partial charge in [-0.25, -0.2) is 4.98 Å². The van der Waals surface area contributed by atoms with Crippen LogP contribution in [0.15, 0.2) is 0 Å². The molecule has 0 fully saturated rings. The monoisotopic (exact) mass is 283 g/mol. The zero-order chi connectivity index (χ0) is 13.8. The van der Waals surface area contributed by atoms with Gasteiger partial charge in [0.2, 0.25) is 5.91 Å². The number of amides is 1. The normalized spacial score (nSPS) is 17.6. The van der Waals surface area contributed by atoms with Crippen LogP contribution < -0.4 is 10.6 Å². The number of nitrogens with one attached hydrogen (secondary N) is 2. The molecule has 1 aromatic rings. The first-order chi connectivity index (χ1) is 9.11. The number of fused-ring (bicyclic) bond motifs is 1. The topological polar surface area (TPSA) is 91.3 Å². The van der Waals surface area contributed by atoms with Crippen molar-refractivity contribution in [3.05, 3.63) is 10.6 Å². The number of hydrogen-bond donors (Lipinski definition) is 3. The Morgan fingerprint density at radius 3 is 3.00 bits per heavy atom. The number of nitrogens with zero attached hydrogens (tertiary/aromatic N) is 1. The largest absolute Gasteiger partial charge is 0.481 e. The van der Waals surface area contributed by atoms with Crippen LogP contribution >= 0.6 is 11.3 Å². The summed E-state index contributed by atoms with van der Waals surface area (Å²) in [6.07, 6.45) is 2.82. The van der Waals surface area contributed by atoms with E-state index in [9.17, 15) is 9.59 Å². The second-order valence-corrected chi connectivity index (χ2v) is 5.54. The lowest BCUT2D eigenvalue weighted by Crippen LogP contribution is -2.20. The van der Waals surface area contributed by atoms with Gasteiger partial charge in [-0.05, 0) is 19.3 Å². The van der Waals surface area contributed by atoms with Gasteiger partial charge < -0.3 is 15.7 Å². The minimum Gasteiger partial charge on any atom is -0.481 e. The summed E-state index contributed by atoms with van der Waals surface area (Å²) in [6, 6.07) is 0. The Hall–Kier alpha value is -1.63. The minimum atomic E-state index is -0.803. The van der Waals surface area contributed by atoms with Gasteiger partial charge in [0.25, 0.3) is 0 Å². The molecule has 6 nitrogen and oxygen atoms in total. The molecule has 0 aliphatic heterocycles. The summed E-state index contributed by atoms with van der Waals surface area (Å²) in [5.41, 5.74) is 0.700. The Bertz CT molecular complexity index is 487. The van der Waals surface area contributed by atoms with Crippen LogP contribution in [0.2, 0.25) is 0 Å². The maximum atomic E-state index is 11.2. The standard InChI is InChI=1S/C12H17N3O3S/c1-13-9(16)5-6-14-12-15-10-7(11(17)18)3-2-4-8(10)19-12/h7H,2-6H2,1H3,(H,13,16)(H,14,15)(H,17,18). The summed E-state index contributed by atoms with van der Waals surface area (Å²) in [5, 5.41) is 15.5. The third-order valence-electron chi connectivity index (χ3n) is 3.16. The summed E-state index contributed by atoms with van der Waals surface area (Å²) in [4.78, 5) is 27.7. The van der Waals surface area contributed by atoms with Gasteiger partial charge in [0.15, 0.2) is 5.13 Å². The maximum absolute atomic E-state index is 11.2. The number of carboxylic acid groups (broad SMARTS) is 1. The first-order valence-electron chi connectivity index (χ1n) is 6.28. The van der Waals surface area contributed by atoms with Crippen molar-refractivity contribution in [3.63, 3.8) is 0 Å². The van der Waals surface area contributed by atoms with E-state index in [1.807, 2.05) is 0 Å². The zero-order valence-electron chi connectivity index (χ0n) is 10.7. The number of aromatic nitrogens is 1. The first-order valence-corrected chi connectivity index (χ1v) is 7.10. The molecule has 1 heterocycles. The molecule has 0 saturated carbocycles. The molecule has 1 atom stereocenters. The highest BCUT2D eigenvalue weighted by Crippen LogP contribution is 2.36. The Kier molecular flexibility index (Phi) is 4.36. The van der Waals surface area contributed by atoms with Crippen molar-refractivity contribution in [2.24, 2.45) is 0 Å². The molecule has 0 saturated heterocycles. The fourth-order valence-corrected chi connectivity index (χ4v) is 3.23. The molecule has 1 aromatic heterocycles. The molecule has 1 aliphatic carbocycles. The highest BCUT2D eigenvalue weighted by Gasteiger charge is 2.29. The molecule has 0 aromatic carbocycles. The van der Waals surface area contributed by atoms with E-state index < -0.39 is 11.9 Å². The van der Waals surface area contributed by atoms with E-state index in [0.717, 1.165) is 17.7 Å². The highest BCUT2D eigenvalue weighted by atomic mass is 32.1. The van der Waals surface area contributed by atoms with Crippen molar-refractivity contribution in [3.8, 4) is 0 Å². The van der Waals surface area contributed by atoms with Crippen LogP contribution in [0.3, 0.4) is 0 Å². The molecule has 104 valence electrons. The van der Waals surface area contributed by atoms with Crippen molar-refractivity contribution < 1.29 is 14.7 Å². The summed E-state index contributed by atoms with van der Waals surface area (Å²) >= 11 is 1.50. The number of carbonyl (C=O) groups is 2. The summed E-state index contributed by atoms with van der Waals surface area (Å²) in [6.45, 7) is 0.504. The van der Waals surface area contributed by atoms with Crippen LogP contribution in [0.4, 0.5) is 5.13 Å². The van der Waals surface area contributed by atoms with Gasteiger partial charge in [0.05, 0.1) is 5.69 Å². The third kappa shape index (κ3) is 3.23. The van der Waals surface area contributed by atoms with Crippen molar-refractivity contribution in [2.45, 2.75) is 31.6 Å². The van der Waals surface area contributed by atoms with Crippen molar-refractivity contribution >= 4 is 28.3 Å². The number of aliphatic carboxylic acids is 1. The van der Waals surface area contributed by atoms with Crippen LogP contribution in [0, 0.1) is 0 Å². The van der Waals surface area contributed by atoms with Gasteiger partial charge >= 0.3 is 5.97 Å². The van der Waals surface area contributed by atoms with Gasteiger partial charge in [-0.3, -0.25) is 9.59 Å². The van der Waals surface area contributed by atoms with E-state index in [4.69, 9.17) is 5.11 Å². The average Bonchev–Trinajstić information content (AvgIpc) is 2.80. The fraction of sp³-hybridized carbons (Fsp3) is 0.583. The maximum Gasteiger partial charge on any atom is 0.312 e. The van der Waals surface area contributed by atoms with Gasteiger partial charge in [0, 0.05) is 24.9 Å². The highest BCUT2D eigenvalue weighted by molar-refractivity contribution is 7.15. The quantitative estimate of drug-likeness (QED) is 0.755. The number of carboxylic acids is 1. The lowest BCUT2D eigenvalue weighted by atomic mass is 9.91. The molecule has 7 heteroatoms. The second-order valence-electron chi connectivity index (χ2n) is 4.46. The number of aryl methyl sites for hydroxylation is 1. The third-order valence-corrected chi connectivity index (χ3v) is 4.25. The number of hydrogen-bond acceptors (Lipinski definition) is 5. The lowest BCUT2D eigenvalue weighted by molar-refractivity contribution is -0.139. The van der Waals surface area contributed by atoms with Crippen LogP contribution in [0.5, 0.6) is 0 Å². The van der Waals surface area contributed by atoms with E-state index in [-0.39, 0.29) is 5.91 Å². The molecule has 1 aliphatic rings. The number of rotatable bonds is 5. The van der Waals surface area contributed by atoms with Gasteiger partial charge in [0.1, 0.15) is 5.92 Å². The zero-order valence-corrected chi connectivity index (χ0v) is 11.5. The summed E-state index contributed by atoms with van der Waals surface area (Å²) in [5.74, 6) is -1.31. The predicted octanol–water partition coefficient (Wildman–Crippen LogP) is 1.20. The number of thiazole rings is 1. The Labute approximate surface area is 115 Å². The molecule has 0 spiro atoms. The molecule has 2 rings (SSSR count). The SMILES string of the molecule is CNC(=O)CCNc1nc2c(s1)CCCC2C(=O)O. The van der Waals surface area contributed by atoms with Crippen LogP contribution in [-0.2, 0) is 16.0 Å². The smallest absolute Gasteiger partial charge is 0.312 e. The predicted molar refractivity (Wildman–Crippen MR) is 72.6 cm³/mol. The molecule has 0 bridgehead atoms. The second kappa shape index (κ2) is 6.01. The van der Waals surface area contributed by atoms with Gasteiger partial charge in [-0.2, -0.15) is 0 Å². The molecule has 1 amide bonds. The van der Waals surface area contributed by atoms with E-state index in [0.29, 0.717) is 30.2 Å². The average molecular weight is 283 g/mol. The number of carbonyl (C=O) groups excluding carboxylic acids is 1. The molecule has 19 heavy (non-hydrogen) atoms. The number of anilines is 1. The molecule has 0 radical (unpaired) electrons.